The van der Waals surface area contributed by atoms with Crippen molar-refractivity contribution < 1.29 is 4.42 Å². The van der Waals surface area contributed by atoms with E-state index in [1.807, 2.05) is 0 Å². The van der Waals surface area contributed by atoms with Gasteiger partial charge in [0, 0.05) is 10.8 Å². The van der Waals surface area contributed by atoms with E-state index in [1.165, 1.54) is 234 Å². The van der Waals surface area contributed by atoms with Gasteiger partial charge in [0.1, 0.15) is 11.2 Å². The summed E-state index contributed by atoms with van der Waals surface area (Å²) >= 11 is 0. The largest absolute Gasteiger partial charge is 0.456 e. The van der Waals surface area contributed by atoms with Gasteiger partial charge in [-0.25, -0.2) is 0 Å². The van der Waals surface area contributed by atoms with E-state index >= 15 is 0 Å². The van der Waals surface area contributed by atoms with Gasteiger partial charge >= 0.3 is 0 Å². The van der Waals surface area contributed by atoms with Crippen molar-refractivity contribution in [1.29, 1.82) is 0 Å². The summed E-state index contributed by atoms with van der Waals surface area (Å²) in [5, 5.41) is 39.9. The Balaban J connectivity index is 0.645. The quantitative estimate of drug-likeness (QED) is 0.131. The van der Waals surface area contributed by atoms with Crippen LogP contribution in [0.2, 0.25) is 0 Å². The number of rotatable bonds is 9. The van der Waals surface area contributed by atoms with Gasteiger partial charge in [-0.2, -0.15) is 0 Å². The minimum absolute atomic E-state index is 0.851. The Labute approximate surface area is 683 Å². The summed E-state index contributed by atoms with van der Waals surface area (Å²) < 4.78 is 7.01. The molecule has 0 aliphatic rings. The summed E-state index contributed by atoms with van der Waals surface area (Å²) in [6, 6.07) is 152. The third-order valence-electron chi connectivity index (χ3n) is 27.0. The first kappa shape index (κ1) is 64.8. The zero-order chi connectivity index (χ0) is 77.4. The van der Waals surface area contributed by atoms with Gasteiger partial charge in [-0.3, -0.25) is 0 Å². The Bertz CT molecular complexity index is 8970. The second-order valence-electron chi connectivity index (χ2n) is 33.1. The molecule has 0 fully saturated rings. The fourth-order valence-corrected chi connectivity index (χ4v) is 21.7. The van der Waals surface area contributed by atoms with Gasteiger partial charge in [-0.1, -0.05) is 358 Å². The molecule has 0 saturated carbocycles. The molecular weight excluding hydrogens is 1430 g/mol. The number of hydrogen-bond acceptors (Lipinski definition) is 1. The second kappa shape index (κ2) is 24.5. The average molecular weight is 1500 g/mol. The minimum atomic E-state index is 0.851. The molecule has 0 atom stereocenters. The molecule has 27 rings (SSSR count). The molecule has 1 heteroatoms. The molecule has 0 aliphatic carbocycles. The highest BCUT2D eigenvalue weighted by Gasteiger charge is 2.27. The van der Waals surface area contributed by atoms with Crippen LogP contribution in [0, 0.1) is 0 Å². The highest BCUT2D eigenvalue weighted by atomic mass is 16.3. The molecule has 1 heterocycles. The first-order chi connectivity index (χ1) is 59.0. The van der Waals surface area contributed by atoms with Crippen LogP contribution in [0.15, 0.2) is 405 Å². The van der Waals surface area contributed by atoms with Crippen molar-refractivity contribution in [2.75, 3.05) is 0 Å². The van der Waals surface area contributed by atoms with Crippen LogP contribution in [-0.4, -0.2) is 0 Å². The lowest BCUT2D eigenvalue weighted by Crippen LogP contribution is -1.95. The molecule has 0 amide bonds. The third-order valence-corrected chi connectivity index (χ3v) is 27.0. The van der Waals surface area contributed by atoms with Crippen molar-refractivity contribution in [3.63, 3.8) is 0 Å². The zero-order valence-electron chi connectivity index (χ0n) is 64.5. The van der Waals surface area contributed by atoms with Gasteiger partial charge in [-0.05, 0) is 304 Å². The lowest BCUT2D eigenvalue weighted by atomic mass is 9.81. The van der Waals surface area contributed by atoms with Gasteiger partial charge in [0.05, 0.1) is 0 Å². The van der Waals surface area contributed by atoms with Crippen molar-refractivity contribution in [1.82, 2.24) is 0 Å². The third kappa shape index (κ3) is 9.36. The van der Waals surface area contributed by atoms with Gasteiger partial charge < -0.3 is 4.42 Å². The van der Waals surface area contributed by atoms with Crippen LogP contribution in [0.4, 0.5) is 0 Å². The molecule has 119 heavy (non-hydrogen) atoms. The monoisotopic (exact) mass is 1500 g/mol. The van der Waals surface area contributed by atoms with Gasteiger partial charge in [0.15, 0.2) is 0 Å². The van der Waals surface area contributed by atoms with Crippen LogP contribution in [0.1, 0.15) is 0 Å². The lowest BCUT2D eigenvalue weighted by molar-refractivity contribution is 0.669. The van der Waals surface area contributed by atoms with E-state index in [2.05, 4.69) is 400 Å². The predicted octanol–water partition coefficient (Wildman–Crippen LogP) is 33.6. The fourth-order valence-electron chi connectivity index (χ4n) is 21.7. The van der Waals surface area contributed by atoms with E-state index in [4.69, 9.17) is 4.42 Å². The van der Waals surface area contributed by atoms with E-state index in [-0.39, 0.29) is 0 Å². The Hall–Kier alpha value is -15.5. The fraction of sp³-hybridized carbons (Fsp3) is 0. The molecule has 0 aliphatic heterocycles. The first-order valence-corrected chi connectivity index (χ1v) is 41.5. The Morgan fingerprint density at radius 3 is 1.01 bits per heavy atom. The standard InChI is InChI=1S/C118H66O/c1-3-23-86-67(12-1)14-11-27-90(86)103-66-102(70-30-28-68(29-31-70)87-51-42-79-39-36-71-15-7-18-74-44-53-93(87)112(79)108(71)74)116(92-26-6-5-25-91(92)103)96-58-59-99-100(65-85-22-10-21-77-47-56-98(96)118(99)111(77)85)83-49-60-106-104(63-83)105-64-84(50-61-107(105)119-106)101-62-82-13-2-4-24-89(82)117(97-57-48-81-41-38-73-17-9-20-76-46-55-95(97)114(81)110(73)76)115(101)78-34-32-69(33-35-78)88-52-43-80-40-37-72-16-8-19-75-45-54-94(88)113(80)109(72)75/h1-66H. The summed E-state index contributed by atoms with van der Waals surface area (Å²) in [5.41, 5.74) is 23.1. The first-order valence-electron chi connectivity index (χ1n) is 41.5. The maximum absolute atomic E-state index is 7.01. The number of benzene rings is 26. The molecule has 0 radical (unpaired) electrons. The minimum Gasteiger partial charge on any atom is -0.456 e. The van der Waals surface area contributed by atoms with Crippen LogP contribution in [0.25, 0.3) is 284 Å². The summed E-state index contributed by atoms with van der Waals surface area (Å²) in [5.74, 6) is 0. The summed E-state index contributed by atoms with van der Waals surface area (Å²) in [4.78, 5) is 0. The lowest BCUT2D eigenvalue weighted by Gasteiger charge is -2.22. The molecule has 0 unspecified atom stereocenters. The zero-order valence-corrected chi connectivity index (χ0v) is 64.5. The van der Waals surface area contributed by atoms with Crippen LogP contribution in [-0.2, 0) is 0 Å². The van der Waals surface area contributed by atoms with Crippen molar-refractivity contribution in [2.45, 2.75) is 0 Å². The van der Waals surface area contributed by atoms with Gasteiger partial charge in [0.2, 0.25) is 0 Å². The molecule has 1 nitrogen and oxygen atoms in total. The molecule has 26 aromatic carbocycles. The summed E-state index contributed by atoms with van der Waals surface area (Å²) in [6.07, 6.45) is 0. The van der Waals surface area contributed by atoms with Crippen molar-refractivity contribution in [3.8, 4) is 100 Å². The van der Waals surface area contributed by atoms with Crippen LogP contribution in [0.5, 0.6) is 0 Å². The van der Waals surface area contributed by atoms with Crippen molar-refractivity contribution in [2.24, 2.45) is 0 Å². The van der Waals surface area contributed by atoms with Crippen LogP contribution < -0.4 is 0 Å². The molecule has 1 aromatic heterocycles. The molecule has 0 spiro atoms. The van der Waals surface area contributed by atoms with Gasteiger partial charge in [0.25, 0.3) is 0 Å². The molecular formula is C118H66O. The van der Waals surface area contributed by atoms with E-state index in [0.717, 1.165) is 49.8 Å². The van der Waals surface area contributed by atoms with Crippen LogP contribution >= 0.6 is 0 Å². The highest BCUT2D eigenvalue weighted by molar-refractivity contribution is 6.33. The Morgan fingerprint density at radius 1 is 0.118 bits per heavy atom. The van der Waals surface area contributed by atoms with E-state index in [1.54, 1.807) is 0 Å². The molecule has 0 saturated heterocycles. The van der Waals surface area contributed by atoms with Crippen LogP contribution in [0.3, 0.4) is 0 Å². The Kier molecular flexibility index (Phi) is 13.3. The Morgan fingerprint density at radius 2 is 0.454 bits per heavy atom. The smallest absolute Gasteiger partial charge is 0.135 e. The topological polar surface area (TPSA) is 13.1 Å². The number of fused-ring (bicyclic) bond motifs is 6. The normalized spacial score (nSPS) is 12.4. The number of furan rings is 1. The predicted molar refractivity (Wildman–Crippen MR) is 510 cm³/mol. The number of hydrogen-bond donors (Lipinski definition) is 0. The maximum atomic E-state index is 7.01. The van der Waals surface area contributed by atoms with Gasteiger partial charge in [-0.15, -0.1) is 0 Å². The van der Waals surface area contributed by atoms with E-state index in [0.29, 0.717) is 0 Å². The molecule has 0 N–H and O–H groups in total. The SMILES string of the molecule is c1ccc2c(-c3cc(-c4ccc(-c5ccc6ccc7cccc8ccc5c6c78)cc4)c(-c4ccc5c(-c6ccc7oc8ccc(-c9cc%10ccccc%10c(-c%10ccc%11ccc%12cccc%13ccc%10c%11c%12%13)c9-c9ccc(-c%10ccc%11ccc%12cccc%13ccc%10c%11c%12%13)cc9)cc8c7c6)cc6cccc7ccc4c5c76)c4ccccc34)cccc2c1. The molecule has 544 valence electrons. The van der Waals surface area contributed by atoms with Crippen molar-refractivity contribution >= 4 is 184 Å². The van der Waals surface area contributed by atoms with Crippen molar-refractivity contribution in [3.05, 3.63) is 400 Å². The average Bonchev–Trinajstić information content (AvgIpc) is 1.46. The highest BCUT2D eigenvalue weighted by Crippen LogP contribution is 2.54. The maximum Gasteiger partial charge on any atom is 0.135 e. The summed E-state index contributed by atoms with van der Waals surface area (Å²) in [6.45, 7) is 0. The van der Waals surface area contributed by atoms with E-state index in [9.17, 15) is 0 Å². The van der Waals surface area contributed by atoms with E-state index < -0.39 is 0 Å². The molecule has 0 bridgehead atoms. The molecule has 27 aromatic rings. The second-order valence-corrected chi connectivity index (χ2v) is 33.1. The summed E-state index contributed by atoms with van der Waals surface area (Å²) in [7, 11) is 0.